The first-order valence-electron chi connectivity index (χ1n) is 6.76. The summed E-state index contributed by atoms with van der Waals surface area (Å²) in [5.74, 6) is 1.53. The number of halogens is 1. The van der Waals surface area contributed by atoms with Crippen LogP contribution in [0.3, 0.4) is 0 Å². The van der Waals surface area contributed by atoms with Gasteiger partial charge in [0.05, 0.1) is 0 Å². The van der Waals surface area contributed by atoms with E-state index in [2.05, 4.69) is 29.2 Å². The van der Waals surface area contributed by atoms with Gasteiger partial charge in [0.2, 0.25) is 0 Å². The van der Waals surface area contributed by atoms with Crippen LogP contribution in [0.1, 0.15) is 36.3 Å². The van der Waals surface area contributed by atoms with E-state index in [0.717, 1.165) is 24.4 Å². The van der Waals surface area contributed by atoms with E-state index in [-0.39, 0.29) is 0 Å². The first kappa shape index (κ1) is 11.6. The summed E-state index contributed by atoms with van der Waals surface area (Å²) < 4.78 is 0. The van der Waals surface area contributed by atoms with Gasteiger partial charge in [-0.1, -0.05) is 30.7 Å². The highest BCUT2D eigenvalue weighted by atomic mass is 35.5. The molecule has 3 rings (SSSR count). The number of hydrogen-bond donors (Lipinski definition) is 0. The summed E-state index contributed by atoms with van der Waals surface area (Å²) in [4.78, 5) is 2.62. The van der Waals surface area contributed by atoms with Crippen LogP contribution in [0.5, 0.6) is 0 Å². The third kappa shape index (κ3) is 2.23. The van der Waals surface area contributed by atoms with E-state index >= 15 is 0 Å². The zero-order valence-corrected chi connectivity index (χ0v) is 11.0. The molecule has 0 N–H and O–H groups in total. The number of alkyl halides is 1. The molecule has 0 amide bonds. The van der Waals surface area contributed by atoms with Crippen LogP contribution >= 0.6 is 11.6 Å². The fourth-order valence-electron chi connectivity index (χ4n) is 3.09. The Morgan fingerprint density at radius 2 is 2.06 bits per heavy atom. The molecule has 1 aromatic carbocycles. The summed E-state index contributed by atoms with van der Waals surface area (Å²) in [6.45, 7) is 2.28. The van der Waals surface area contributed by atoms with Gasteiger partial charge in [-0.2, -0.15) is 0 Å². The first-order valence-corrected chi connectivity index (χ1v) is 7.30. The zero-order valence-electron chi connectivity index (χ0n) is 10.2. The van der Waals surface area contributed by atoms with Crippen molar-refractivity contribution in [2.45, 2.75) is 37.6 Å². The van der Waals surface area contributed by atoms with Gasteiger partial charge in [-0.15, -0.1) is 11.6 Å². The lowest BCUT2D eigenvalue weighted by Gasteiger charge is -2.42. The van der Waals surface area contributed by atoms with Crippen LogP contribution in [0, 0.1) is 0 Å². The predicted molar refractivity (Wildman–Crippen MR) is 72.8 cm³/mol. The minimum absolute atomic E-state index is 0.759. The quantitative estimate of drug-likeness (QED) is 0.723. The summed E-state index contributed by atoms with van der Waals surface area (Å²) in [5, 5.41) is 0. The normalized spacial score (nSPS) is 23.1. The van der Waals surface area contributed by atoms with Crippen molar-refractivity contribution >= 4 is 11.6 Å². The molecule has 0 spiro atoms. The molecule has 2 aliphatic rings. The second kappa shape index (κ2) is 4.99. The predicted octanol–water partition coefficient (Wildman–Crippen LogP) is 3.42. The standard InChI is InChI=1S/C15H20ClN/c16-8-9-17(14-5-3-6-14)11-13-10-12-4-1-2-7-15(12)13/h1-2,4,7,13-14H,3,5-6,8-11H2. The van der Waals surface area contributed by atoms with Gasteiger partial charge in [0.25, 0.3) is 0 Å². The average Bonchev–Trinajstić information content (AvgIpc) is 2.23. The van der Waals surface area contributed by atoms with Crippen LogP contribution in [0.25, 0.3) is 0 Å². The van der Waals surface area contributed by atoms with Gasteiger partial charge in [0.15, 0.2) is 0 Å². The molecule has 1 aromatic rings. The number of benzene rings is 1. The third-order valence-corrected chi connectivity index (χ3v) is 4.55. The molecule has 1 unspecified atom stereocenters. The van der Waals surface area contributed by atoms with Gasteiger partial charge in [-0.3, -0.25) is 4.90 Å². The molecule has 17 heavy (non-hydrogen) atoms. The van der Waals surface area contributed by atoms with E-state index in [4.69, 9.17) is 11.6 Å². The Morgan fingerprint density at radius 3 is 2.71 bits per heavy atom. The van der Waals surface area contributed by atoms with Crippen molar-refractivity contribution in [2.24, 2.45) is 0 Å². The molecule has 2 aliphatic carbocycles. The van der Waals surface area contributed by atoms with Crippen LogP contribution < -0.4 is 0 Å². The van der Waals surface area contributed by atoms with E-state index in [1.165, 1.54) is 32.2 Å². The van der Waals surface area contributed by atoms with Gasteiger partial charge >= 0.3 is 0 Å². The van der Waals surface area contributed by atoms with Gasteiger partial charge in [-0.05, 0) is 30.4 Å². The lowest BCUT2D eigenvalue weighted by atomic mass is 9.76. The number of nitrogens with zero attached hydrogens (tertiary/aromatic N) is 1. The van der Waals surface area contributed by atoms with Gasteiger partial charge in [0, 0.05) is 30.9 Å². The largest absolute Gasteiger partial charge is 0.299 e. The molecule has 0 bridgehead atoms. The highest BCUT2D eigenvalue weighted by Gasteiger charge is 2.31. The van der Waals surface area contributed by atoms with Gasteiger partial charge < -0.3 is 0 Å². The van der Waals surface area contributed by atoms with Crippen molar-refractivity contribution < 1.29 is 0 Å². The number of rotatable bonds is 5. The van der Waals surface area contributed by atoms with E-state index < -0.39 is 0 Å². The Balaban J connectivity index is 1.62. The second-order valence-electron chi connectivity index (χ2n) is 5.37. The Kier molecular flexibility index (Phi) is 3.39. The average molecular weight is 250 g/mol. The topological polar surface area (TPSA) is 3.24 Å². The number of fused-ring (bicyclic) bond motifs is 1. The summed E-state index contributed by atoms with van der Waals surface area (Å²) in [6, 6.07) is 9.70. The van der Waals surface area contributed by atoms with Crippen LogP contribution in [0.15, 0.2) is 24.3 Å². The summed E-state index contributed by atoms with van der Waals surface area (Å²) in [5.41, 5.74) is 3.13. The molecular formula is C15H20ClN. The summed E-state index contributed by atoms with van der Waals surface area (Å²) in [6.07, 6.45) is 5.43. The van der Waals surface area contributed by atoms with Crippen molar-refractivity contribution in [1.29, 1.82) is 0 Å². The van der Waals surface area contributed by atoms with Gasteiger partial charge in [0.1, 0.15) is 0 Å². The van der Waals surface area contributed by atoms with Crippen LogP contribution in [-0.2, 0) is 6.42 Å². The van der Waals surface area contributed by atoms with E-state index in [9.17, 15) is 0 Å². The molecule has 0 aromatic heterocycles. The summed E-state index contributed by atoms with van der Waals surface area (Å²) >= 11 is 5.92. The minimum atomic E-state index is 0.759. The maximum absolute atomic E-state index is 5.92. The van der Waals surface area contributed by atoms with Crippen molar-refractivity contribution in [3.05, 3.63) is 35.4 Å². The lowest BCUT2D eigenvalue weighted by Crippen LogP contribution is -2.44. The molecule has 0 aliphatic heterocycles. The third-order valence-electron chi connectivity index (χ3n) is 4.38. The second-order valence-corrected chi connectivity index (χ2v) is 5.75. The van der Waals surface area contributed by atoms with E-state index in [1.807, 2.05) is 0 Å². The highest BCUT2D eigenvalue weighted by molar-refractivity contribution is 6.18. The maximum atomic E-state index is 5.92. The Morgan fingerprint density at radius 1 is 1.24 bits per heavy atom. The lowest BCUT2D eigenvalue weighted by molar-refractivity contribution is 0.123. The smallest absolute Gasteiger partial charge is 0.0351 e. The Hall–Kier alpha value is -0.530. The van der Waals surface area contributed by atoms with Crippen molar-refractivity contribution in [3.8, 4) is 0 Å². The van der Waals surface area contributed by atoms with Crippen molar-refractivity contribution in [1.82, 2.24) is 4.90 Å². The zero-order chi connectivity index (χ0) is 11.7. The fraction of sp³-hybridized carbons (Fsp3) is 0.600. The first-order chi connectivity index (χ1) is 8.38. The highest BCUT2D eigenvalue weighted by Crippen LogP contribution is 2.37. The molecule has 2 heteroatoms. The molecule has 1 fully saturated rings. The number of hydrogen-bond acceptors (Lipinski definition) is 1. The molecule has 1 saturated carbocycles. The molecular weight excluding hydrogens is 230 g/mol. The molecule has 0 radical (unpaired) electrons. The fourth-order valence-corrected chi connectivity index (χ4v) is 3.31. The molecule has 1 nitrogen and oxygen atoms in total. The Labute approximate surface area is 109 Å². The summed E-state index contributed by atoms with van der Waals surface area (Å²) in [7, 11) is 0. The molecule has 0 saturated heterocycles. The monoisotopic (exact) mass is 249 g/mol. The molecule has 0 heterocycles. The maximum Gasteiger partial charge on any atom is 0.0351 e. The van der Waals surface area contributed by atoms with Gasteiger partial charge in [-0.25, -0.2) is 0 Å². The van der Waals surface area contributed by atoms with Crippen molar-refractivity contribution in [3.63, 3.8) is 0 Å². The molecule has 92 valence electrons. The van der Waals surface area contributed by atoms with E-state index in [1.54, 1.807) is 11.1 Å². The minimum Gasteiger partial charge on any atom is -0.299 e. The van der Waals surface area contributed by atoms with Crippen LogP contribution in [0.4, 0.5) is 0 Å². The van der Waals surface area contributed by atoms with Crippen LogP contribution in [-0.4, -0.2) is 29.9 Å². The SMILES string of the molecule is ClCCN(CC1Cc2ccccc21)C1CCC1. The molecule has 1 atom stereocenters. The van der Waals surface area contributed by atoms with Crippen LogP contribution in [0.2, 0.25) is 0 Å². The van der Waals surface area contributed by atoms with E-state index in [0.29, 0.717) is 0 Å². The van der Waals surface area contributed by atoms with Crippen molar-refractivity contribution in [2.75, 3.05) is 19.0 Å². The Bertz CT molecular complexity index is 386.